The van der Waals surface area contributed by atoms with E-state index in [1.54, 1.807) is 12.1 Å². The summed E-state index contributed by atoms with van der Waals surface area (Å²) in [5.41, 5.74) is 3.25. The van der Waals surface area contributed by atoms with Crippen LogP contribution in [0.1, 0.15) is 11.1 Å². The van der Waals surface area contributed by atoms with E-state index < -0.39 is 0 Å². The van der Waals surface area contributed by atoms with Crippen LogP contribution in [0.15, 0.2) is 47.6 Å². The van der Waals surface area contributed by atoms with Crippen molar-refractivity contribution in [2.75, 3.05) is 0 Å². The molecule has 7 heteroatoms. The van der Waals surface area contributed by atoms with Crippen molar-refractivity contribution in [3.05, 3.63) is 69.5 Å². The Kier molecular flexibility index (Phi) is 4.31. The molecule has 126 valence electrons. The molecular formula is C18H12Cl2FN3S. The van der Waals surface area contributed by atoms with Crippen LogP contribution in [0.5, 0.6) is 0 Å². The first-order valence-electron chi connectivity index (χ1n) is 7.54. The number of hydrogen-bond donors (Lipinski definition) is 0. The van der Waals surface area contributed by atoms with Crippen molar-refractivity contribution in [3.8, 4) is 0 Å². The molecule has 0 atom stereocenters. The Hall–Kier alpha value is -1.82. The Balaban J connectivity index is 1.81. The third-order valence-corrected chi connectivity index (χ3v) is 5.58. The number of halogens is 3. The lowest BCUT2D eigenvalue weighted by molar-refractivity contribution is 0.617. The minimum atomic E-state index is -0.318. The fourth-order valence-electron chi connectivity index (χ4n) is 2.79. The maximum atomic E-state index is 14.0. The van der Waals surface area contributed by atoms with E-state index in [-0.39, 0.29) is 5.82 Å². The van der Waals surface area contributed by atoms with Crippen molar-refractivity contribution in [2.45, 2.75) is 17.8 Å². The predicted molar refractivity (Wildman–Crippen MR) is 101 cm³/mol. The minimum Gasteiger partial charge on any atom is -0.270 e. The molecule has 0 amide bonds. The van der Waals surface area contributed by atoms with Gasteiger partial charge < -0.3 is 0 Å². The van der Waals surface area contributed by atoms with E-state index in [9.17, 15) is 4.39 Å². The van der Waals surface area contributed by atoms with Crippen LogP contribution in [0, 0.1) is 12.7 Å². The number of nitrogens with zero attached hydrogens (tertiary/aromatic N) is 3. The molecule has 2 aromatic carbocycles. The van der Waals surface area contributed by atoms with Crippen LogP contribution < -0.4 is 0 Å². The number of thioether (sulfide) groups is 1. The van der Waals surface area contributed by atoms with Crippen LogP contribution in [0.25, 0.3) is 16.6 Å². The van der Waals surface area contributed by atoms with Crippen molar-refractivity contribution in [1.82, 2.24) is 14.6 Å². The highest BCUT2D eigenvalue weighted by Crippen LogP contribution is 2.31. The highest BCUT2D eigenvalue weighted by Gasteiger charge is 2.14. The number of rotatable bonds is 3. The van der Waals surface area contributed by atoms with E-state index >= 15 is 0 Å². The van der Waals surface area contributed by atoms with Crippen molar-refractivity contribution < 1.29 is 4.39 Å². The molecule has 0 fully saturated rings. The van der Waals surface area contributed by atoms with E-state index in [1.807, 2.05) is 35.6 Å². The van der Waals surface area contributed by atoms with Gasteiger partial charge in [0.05, 0.1) is 5.52 Å². The van der Waals surface area contributed by atoms with Crippen molar-refractivity contribution in [1.29, 1.82) is 0 Å². The third kappa shape index (κ3) is 2.97. The highest BCUT2D eigenvalue weighted by molar-refractivity contribution is 7.98. The third-order valence-electron chi connectivity index (χ3n) is 4.04. The second kappa shape index (κ2) is 6.48. The molecule has 2 aromatic heterocycles. The van der Waals surface area contributed by atoms with E-state index in [0.717, 1.165) is 22.1 Å². The zero-order valence-electron chi connectivity index (χ0n) is 13.1. The summed E-state index contributed by atoms with van der Waals surface area (Å²) in [6, 6.07) is 12.4. The molecule has 3 nitrogen and oxygen atoms in total. The predicted octanol–water partition coefficient (Wildman–Crippen LogP) is 5.93. The van der Waals surface area contributed by atoms with Gasteiger partial charge in [-0.1, -0.05) is 41.0 Å². The van der Waals surface area contributed by atoms with Crippen LogP contribution in [0.4, 0.5) is 4.39 Å². The Morgan fingerprint density at radius 1 is 1.12 bits per heavy atom. The average molecular weight is 392 g/mol. The molecule has 2 heterocycles. The quantitative estimate of drug-likeness (QED) is 0.405. The fraction of sp³-hybridized carbons (Fsp3) is 0.111. The van der Waals surface area contributed by atoms with Crippen LogP contribution >= 0.6 is 35.0 Å². The van der Waals surface area contributed by atoms with Gasteiger partial charge in [-0.3, -0.25) is 4.40 Å². The lowest BCUT2D eigenvalue weighted by Crippen LogP contribution is -1.95. The lowest BCUT2D eigenvalue weighted by atomic mass is 10.1. The van der Waals surface area contributed by atoms with Gasteiger partial charge >= 0.3 is 0 Å². The maximum absolute atomic E-state index is 14.0. The Bertz CT molecular complexity index is 1090. The molecule has 4 rings (SSSR count). The van der Waals surface area contributed by atoms with E-state index in [1.165, 1.54) is 17.8 Å². The average Bonchev–Trinajstić information content (AvgIpc) is 2.97. The summed E-state index contributed by atoms with van der Waals surface area (Å²) in [7, 11) is 0. The fourth-order valence-corrected chi connectivity index (χ4v) is 4.26. The maximum Gasteiger partial charge on any atom is 0.196 e. The zero-order chi connectivity index (χ0) is 17.6. The van der Waals surface area contributed by atoms with Gasteiger partial charge in [-0.25, -0.2) is 4.39 Å². The van der Waals surface area contributed by atoms with Crippen molar-refractivity contribution in [3.63, 3.8) is 0 Å². The SMILES string of the molecule is Cc1cc2nnc(SCc3c(F)cccc3Cl)n2c2ccc(Cl)cc12. The summed E-state index contributed by atoms with van der Waals surface area (Å²) in [6.07, 6.45) is 0. The van der Waals surface area contributed by atoms with Gasteiger partial charge in [0, 0.05) is 26.7 Å². The topological polar surface area (TPSA) is 30.2 Å². The van der Waals surface area contributed by atoms with Gasteiger partial charge in [0.25, 0.3) is 0 Å². The van der Waals surface area contributed by atoms with Crippen LogP contribution in [-0.4, -0.2) is 14.6 Å². The molecule has 0 bridgehead atoms. The summed E-state index contributed by atoms with van der Waals surface area (Å²) in [5, 5.41) is 11.3. The van der Waals surface area contributed by atoms with E-state index in [4.69, 9.17) is 23.2 Å². The second-order valence-electron chi connectivity index (χ2n) is 5.65. The normalized spacial score (nSPS) is 11.5. The summed E-state index contributed by atoms with van der Waals surface area (Å²) in [5.74, 6) is 0.0521. The molecule has 0 aliphatic heterocycles. The summed E-state index contributed by atoms with van der Waals surface area (Å²) in [6.45, 7) is 2.01. The first kappa shape index (κ1) is 16.6. The Morgan fingerprint density at radius 2 is 1.96 bits per heavy atom. The van der Waals surface area contributed by atoms with E-state index in [0.29, 0.717) is 26.5 Å². The highest BCUT2D eigenvalue weighted by atomic mass is 35.5. The first-order chi connectivity index (χ1) is 12.0. The van der Waals surface area contributed by atoms with Gasteiger partial charge in [-0.15, -0.1) is 10.2 Å². The van der Waals surface area contributed by atoms with Gasteiger partial charge in [0.1, 0.15) is 5.82 Å². The molecule has 25 heavy (non-hydrogen) atoms. The van der Waals surface area contributed by atoms with Crippen molar-refractivity contribution in [2.24, 2.45) is 0 Å². The van der Waals surface area contributed by atoms with Gasteiger partial charge in [0.2, 0.25) is 0 Å². The van der Waals surface area contributed by atoms with Gasteiger partial charge in [0.15, 0.2) is 10.8 Å². The van der Waals surface area contributed by atoms with Crippen molar-refractivity contribution >= 4 is 51.5 Å². The molecule has 0 saturated heterocycles. The number of fused-ring (bicyclic) bond motifs is 3. The molecule has 0 radical (unpaired) electrons. The molecule has 0 N–H and O–H groups in total. The second-order valence-corrected chi connectivity index (χ2v) is 7.44. The van der Waals surface area contributed by atoms with Crippen LogP contribution in [0.3, 0.4) is 0 Å². The molecule has 0 saturated carbocycles. The van der Waals surface area contributed by atoms with Crippen LogP contribution in [-0.2, 0) is 5.75 Å². The summed E-state index contributed by atoms with van der Waals surface area (Å²) < 4.78 is 15.9. The standard InChI is InChI=1S/C18H12Cl2FN3S/c1-10-7-17-22-23-18(24(17)16-6-5-11(19)8-12(10)16)25-9-13-14(20)3-2-4-15(13)21/h2-8H,9H2,1H3. The summed E-state index contributed by atoms with van der Waals surface area (Å²) >= 11 is 13.6. The number of aromatic nitrogens is 3. The lowest BCUT2D eigenvalue weighted by Gasteiger charge is -2.08. The smallest absolute Gasteiger partial charge is 0.196 e. The Labute approximate surface area is 157 Å². The number of pyridine rings is 1. The zero-order valence-corrected chi connectivity index (χ0v) is 15.5. The summed E-state index contributed by atoms with van der Waals surface area (Å²) in [4.78, 5) is 0. The molecule has 0 spiro atoms. The molecular weight excluding hydrogens is 380 g/mol. The van der Waals surface area contributed by atoms with E-state index in [2.05, 4.69) is 10.2 Å². The van der Waals surface area contributed by atoms with Gasteiger partial charge in [-0.05, 0) is 48.9 Å². The molecule has 4 aromatic rings. The van der Waals surface area contributed by atoms with Gasteiger partial charge in [-0.2, -0.15) is 0 Å². The number of hydrogen-bond acceptors (Lipinski definition) is 3. The molecule has 0 aliphatic rings. The minimum absolute atomic E-state index is 0.318. The van der Waals surface area contributed by atoms with Crippen LogP contribution in [0.2, 0.25) is 10.0 Å². The first-order valence-corrected chi connectivity index (χ1v) is 9.28. The largest absolute Gasteiger partial charge is 0.270 e. The monoisotopic (exact) mass is 391 g/mol. The Morgan fingerprint density at radius 3 is 2.76 bits per heavy atom. The molecule has 0 aliphatic carbocycles. The number of benzene rings is 2. The molecule has 0 unspecified atom stereocenters. The number of aryl methyl sites for hydroxylation is 1.